The first-order chi connectivity index (χ1) is 11.1. The van der Waals surface area contributed by atoms with Crippen molar-refractivity contribution in [3.63, 3.8) is 0 Å². The summed E-state index contributed by atoms with van der Waals surface area (Å²) in [5, 5.41) is 1.17. The average Bonchev–Trinajstić information content (AvgIpc) is 2.54. The minimum atomic E-state index is -6.72. The second-order valence-electron chi connectivity index (χ2n) is 5.11. The summed E-state index contributed by atoms with van der Waals surface area (Å²) in [7, 11) is 0. The lowest BCUT2D eigenvalue weighted by Gasteiger charge is -2.31. The van der Waals surface area contributed by atoms with Crippen molar-refractivity contribution in [2.24, 2.45) is 0 Å². The molecule has 2 rings (SSSR count). The Morgan fingerprint density at radius 1 is 1.12 bits per heavy atom. The van der Waals surface area contributed by atoms with Gasteiger partial charge in [0.05, 0.1) is 0 Å². The predicted octanol–water partition coefficient (Wildman–Crippen LogP) is 3.52. The molecule has 2 heterocycles. The highest BCUT2D eigenvalue weighted by Crippen LogP contribution is 2.64. The Labute approximate surface area is 133 Å². The van der Waals surface area contributed by atoms with Gasteiger partial charge in [0.1, 0.15) is 5.82 Å². The molecule has 1 saturated heterocycles. The third-order valence-electron chi connectivity index (χ3n) is 3.28. The van der Waals surface area contributed by atoms with Gasteiger partial charge >= 0.3 is 35.6 Å². The second-order valence-corrected chi connectivity index (χ2v) is 5.11. The van der Waals surface area contributed by atoms with Crippen LogP contribution in [0.5, 0.6) is 0 Å². The van der Waals surface area contributed by atoms with Gasteiger partial charge in [0, 0.05) is 6.20 Å². The zero-order valence-corrected chi connectivity index (χ0v) is 11.9. The van der Waals surface area contributed by atoms with Crippen LogP contribution in [0.3, 0.4) is 0 Å². The lowest BCUT2D eigenvalue weighted by Crippen LogP contribution is -2.63. The lowest BCUT2D eigenvalue weighted by molar-refractivity contribution is -0.366. The Bertz CT molecular complexity index is 710. The topological polar surface area (TPSA) is 51.2 Å². The summed E-state index contributed by atoms with van der Waals surface area (Å²) in [4.78, 5) is 14.7. The number of aromatic nitrogens is 1. The third-order valence-corrected chi connectivity index (χ3v) is 3.28. The van der Waals surface area contributed by atoms with E-state index in [0.717, 1.165) is 12.3 Å². The lowest BCUT2D eigenvalue weighted by atomic mass is 9.99. The van der Waals surface area contributed by atoms with E-state index in [1.807, 2.05) is 0 Å². The zero-order valence-electron chi connectivity index (χ0n) is 11.9. The molecule has 4 nitrogen and oxygen atoms in total. The number of hydrogen-bond acceptors (Lipinski definition) is 3. The summed E-state index contributed by atoms with van der Waals surface area (Å²) in [5.41, 5.74) is 0.337. The number of pyridine rings is 1. The maximum absolute atomic E-state index is 13.9. The Hall–Kier alpha value is -2.05. The summed E-state index contributed by atoms with van der Waals surface area (Å²) < 4.78 is 122. The molecule has 1 amide bonds. The summed E-state index contributed by atoms with van der Waals surface area (Å²) in [6, 6.07) is 2.27. The summed E-state index contributed by atoms with van der Waals surface area (Å²) in [5.74, 6) is -29.4. The number of halogens is 9. The molecular weight excluding hydrogens is 375 g/mol. The molecule has 140 valence electrons. The number of alkyl halides is 9. The Balaban J connectivity index is 2.42. The molecular formula is C12H7F9N2O2. The highest BCUT2D eigenvalue weighted by Gasteiger charge is 2.96. The standard InChI is InChI=1S/C12H7F9N2O2/c1-5-2-3-22-6(4-5)23-7(24)8(13,14)11(19)9(15,16)10(17,18)12(20,21)25-11/h2-4H,1H3,(H,22,23,24). The van der Waals surface area contributed by atoms with Crippen molar-refractivity contribution in [2.75, 3.05) is 5.32 Å². The molecule has 1 aromatic heterocycles. The third kappa shape index (κ3) is 2.43. The van der Waals surface area contributed by atoms with E-state index >= 15 is 0 Å². The van der Waals surface area contributed by atoms with Crippen molar-refractivity contribution in [3.8, 4) is 0 Å². The minimum absolute atomic E-state index is 0.337. The summed E-state index contributed by atoms with van der Waals surface area (Å²) in [6.07, 6.45) is -5.30. The normalized spacial score (nSPS) is 27.1. The molecule has 0 aromatic carbocycles. The number of rotatable bonds is 3. The highest BCUT2D eigenvalue weighted by atomic mass is 19.4. The summed E-state index contributed by atoms with van der Waals surface area (Å²) >= 11 is 0. The Kier molecular flexibility index (Phi) is 4.03. The van der Waals surface area contributed by atoms with Gasteiger partial charge in [-0.05, 0) is 24.6 Å². The van der Waals surface area contributed by atoms with Crippen LogP contribution in [0.1, 0.15) is 5.56 Å². The second kappa shape index (κ2) is 5.22. The Morgan fingerprint density at radius 3 is 2.12 bits per heavy atom. The number of carbonyl (C=O) groups excluding carboxylic acids is 1. The number of carbonyl (C=O) groups is 1. The first kappa shape index (κ1) is 19.3. The van der Waals surface area contributed by atoms with Crippen molar-refractivity contribution in [1.82, 2.24) is 4.98 Å². The van der Waals surface area contributed by atoms with Gasteiger partial charge in [-0.2, -0.15) is 39.5 Å². The van der Waals surface area contributed by atoms with Crippen molar-refractivity contribution in [3.05, 3.63) is 23.9 Å². The van der Waals surface area contributed by atoms with Crippen LogP contribution in [0.25, 0.3) is 0 Å². The van der Waals surface area contributed by atoms with E-state index < -0.39 is 41.5 Å². The molecule has 1 aliphatic heterocycles. The van der Waals surface area contributed by atoms with Gasteiger partial charge in [-0.1, -0.05) is 0 Å². The van der Waals surface area contributed by atoms with E-state index in [0.29, 0.717) is 5.56 Å². The molecule has 25 heavy (non-hydrogen) atoms. The fourth-order valence-corrected chi connectivity index (χ4v) is 1.90. The highest BCUT2D eigenvalue weighted by molar-refractivity contribution is 5.96. The van der Waals surface area contributed by atoms with Gasteiger partial charge in [0.25, 0.3) is 0 Å². The van der Waals surface area contributed by atoms with Crippen molar-refractivity contribution in [1.29, 1.82) is 0 Å². The van der Waals surface area contributed by atoms with Gasteiger partial charge in [-0.3, -0.25) is 9.53 Å². The monoisotopic (exact) mass is 382 g/mol. The van der Waals surface area contributed by atoms with Crippen molar-refractivity contribution in [2.45, 2.75) is 36.7 Å². The summed E-state index contributed by atoms with van der Waals surface area (Å²) in [6.45, 7) is 1.40. The van der Waals surface area contributed by atoms with E-state index in [9.17, 15) is 44.3 Å². The molecule has 1 atom stereocenters. The van der Waals surface area contributed by atoms with Crippen LogP contribution in [0.15, 0.2) is 18.3 Å². The van der Waals surface area contributed by atoms with E-state index in [1.165, 1.54) is 18.3 Å². The quantitative estimate of drug-likeness (QED) is 0.814. The molecule has 0 saturated carbocycles. The zero-order chi connectivity index (χ0) is 19.5. The van der Waals surface area contributed by atoms with E-state index in [-0.39, 0.29) is 0 Å². The fraction of sp³-hybridized carbons (Fsp3) is 0.500. The van der Waals surface area contributed by atoms with Crippen LogP contribution >= 0.6 is 0 Å². The molecule has 1 aromatic rings. The average molecular weight is 382 g/mol. The maximum atomic E-state index is 13.9. The predicted molar refractivity (Wildman–Crippen MR) is 62.3 cm³/mol. The van der Waals surface area contributed by atoms with Gasteiger partial charge in [-0.25, -0.2) is 4.98 Å². The van der Waals surface area contributed by atoms with Crippen molar-refractivity contribution < 1.29 is 49.0 Å². The fourth-order valence-electron chi connectivity index (χ4n) is 1.90. The van der Waals surface area contributed by atoms with Crippen LogP contribution < -0.4 is 5.32 Å². The molecule has 1 aliphatic rings. The SMILES string of the molecule is Cc1ccnc(NC(=O)C(F)(F)C2(F)OC(F)(F)C(F)(F)C2(F)F)c1. The maximum Gasteiger partial charge on any atom is 0.428 e. The van der Waals surface area contributed by atoms with Crippen molar-refractivity contribution >= 4 is 11.7 Å². The molecule has 1 N–H and O–H groups in total. The largest absolute Gasteiger partial charge is 0.428 e. The first-order valence-electron chi connectivity index (χ1n) is 6.24. The van der Waals surface area contributed by atoms with Gasteiger partial charge in [-0.15, -0.1) is 0 Å². The van der Waals surface area contributed by atoms with Crippen LogP contribution in [0, 0.1) is 6.92 Å². The smallest absolute Gasteiger partial charge is 0.305 e. The molecule has 1 unspecified atom stereocenters. The molecule has 0 spiro atoms. The van der Waals surface area contributed by atoms with E-state index in [1.54, 1.807) is 0 Å². The minimum Gasteiger partial charge on any atom is -0.305 e. The number of anilines is 1. The number of amides is 1. The first-order valence-corrected chi connectivity index (χ1v) is 6.24. The molecule has 13 heteroatoms. The molecule has 1 fully saturated rings. The van der Waals surface area contributed by atoms with Crippen LogP contribution in [-0.2, 0) is 9.53 Å². The van der Waals surface area contributed by atoms with Gasteiger partial charge in [0.2, 0.25) is 0 Å². The van der Waals surface area contributed by atoms with E-state index in [4.69, 9.17) is 0 Å². The van der Waals surface area contributed by atoms with Crippen LogP contribution in [-0.4, -0.2) is 40.6 Å². The molecule has 0 bridgehead atoms. The van der Waals surface area contributed by atoms with Gasteiger partial charge < -0.3 is 5.32 Å². The molecule has 0 radical (unpaired) electrons. The van der Waals surface area contributed by atoms with Crippen LogP contribution in [0.2, 0.25) is 0 Å². The molecule has 0 aliphatic carbocycles. The van der Waals surface area contributed by atoms with Crippen LogP contribution in [0.4, 0.5) is 45.3 Å². The number of nitrogens with one attached hydrogen (secondary N) is 1. The van der Waals surface area contributed by atoms with E-state index in [2.05, 4.69) is 9.72 Å². The van der Waals surface area contributed by atoms with Gasteiger partial charge in [0.15, 0.2) is 0 Å². The number of aryl methyl sites for hydroxylation is 1. The Morgan fingerprint density at radius 2 is 1.68 bits per heavy atom. The number of hydrogen-bond donors (Lipinski definition) is 1. The number of ether oxygens (including phenoxy) is 1. The number of nitrogens with zero attached hydrogens (tertiary/aromatic N) is 1.